The van der Waals surface area contributed by atoms with Crippen molar-refractivity contribution < 1.29 is 9.72 Å². The summed E-state index contributed by atoms with van der Waals surface area (Å²) >= 11 is 0. The van der Waals surface area contributed by atoms with Crippen molar-refractivity contribution in [3.63, 3.8) is 0 Å². The summed E-state index contributed by atoms with van der Waals surface area (Å²) in [6, 6.07) is 6.00. The summed E-state index contributed by atoms with van der Waals surface area (Å²) in [5, 5.41) is 10.7. The molecule has 1 aromatic carbocycles. The Labute approximate surface area is 118 Å². The molecular formula is C15H20N2O3. The molecule has 1 saturated heterocycles. The van der Waals surface area contributed by atoms with Crippen LogP contribution in [0, 0.1) is 10.1 Å². The van der Waals surface area contributed by atoms with Gasteiger partial charge in [0.1, 0.15) is 0 Å². The summed E-state index contributed by atoms with van der Waals surface area (Å²) in [4.78, 5) is 24.7. The zero-order valence-electron chi connectivity index (χ0n) is 11.6. The van der Waals surface area contributed by atoms with Gasteiger partial charge in [-0.1, -0.05) is 31.4 Å². The highest BCUT2D eigenvalue weighted by molar-refractivity contribution is 5.98. The van der Waals surface area contributed by atoms with Crippen LogP contribution < -0.4 is 0 Å². The topological polar surface area (TPSA) is 63.5 Å². The van der Waals surface area contributed by atoms with Crippen LogP contribution in [0.15, 0.2) is 24.3 Å². The number of hydrogen-bond acceptors (Lipinski definition) is 4. The van der Waals surface area contributed by atoms with Gasteiger partial charge in [-0.15, -0.1) is 0 Å². The van der Waals surface area contributed by atoms with E-state index in [9.17, 15) is 14.9 Å². The van der Waals surface area contributed by atoms with Crippen LogP contribution in [0.4, 0.5) is 5.69 Å². The number of Topliss-reactive ketones (excluding diaryl/α,β-unsaturated/α-hetero) is 1. The first-order valence-corrected chi connectivity index (χ1v) is 7.17. The van der Waals surface area contributed by atoms with Crippen LogP contribution in [0.3, 0.4) is 0 Å². The van der Waals surface area contributed by atoms with E-state index in [1.165, 1.54) is 31.4 Å². The van der Waals surface area contributed by atoms with Crippen molar-refractivity contribution in [2.24, 2.45) is 0 Å². The zero-order valence-corrected chi connectivity index (χ0v) is 11.6. The van der Waals surface area contributed by atoms with Gasteiger partial charge in [0.15, 0.2) is 5.78 Å². The third kappa shape index (κ3) is 4.13. The summed E-state index contributed by atoms with van der Waals surface area (Å²) < 4.78 is 0. The molecule has 1 aliphatic heterocycles. The first-order chi connectivity index (χ1) is 9.66. The lowest BCUT2D eigenvalue weighted by Crippen LogP contribution is -2.32. The Morgan fingerprint density at radius 2 is 1.80 bits per heavy atom. The Hall–Kier alpha value is -1.75. The molecule has 0 atom stereocenters. The molecule has 0 unspecified atom stereocenters. The van der Waals surface area contributed by atoms with E-state index < -0.39 is 4.92 Å². The molecule has 0 radical (unpaired) electrons. The molecule has 0 aromatic heterocycles. The number of carbonyl (C=O) groups excluding carboxylic acids is 1. The van der Waals surface area contributed by atoms with Gasteiger partial charge in [-0.05, 0) is 25.9 Å². The second-order valence-corrected chi connectivity index (χ2v) is 5.27. The van der Waals surface area contributed by atoms with Crippen molar-refractivity contribution in [2.75, 3.05) is 19.6 Å². The van der Waals surface area contributed by atoms with Crippen molar-refractivity contribution in [3.05, 3.63) is 39.9 Å². The predicted molar refractivity (Wildman–Crippen MR) is 77.0 cm³/mol. The molecule has 5 heteroatoms. The summed E-state index contributed by atoms with van der Waals surface area (Å²) in [5.74, 6) is -0.0331. The van der Waals surface area contributed by atoms with Crippen LogP contribution in [0.2, 0.25) is 0 Å². The Morgan fingerprint density at radius 1 is 1.15 bits per heavy atom. The lowest BCUT2D eigenvalue weighted by molar-refractivity contribution is -0.384. The fourth-order valence-corrected chi connectivity index (χ4v) is 2.56. The highest BCUT2D eigenvalue weighted by Gasteiger charge is 2.16. The van der Waals surface area contributed by atoms with Crippen LogP contribution in [-0.2, 0) is 0 Å². The van der Waals surface area contributed by atoms with Crippen molar-refractivity contribution in [3.8, 4) is 0 Å². The molecule has 20 heavy (non-hydrogen) atoms. The van der Waals surface area contributed by atoms with E-state index in [0.29, 0.717) is 12.1 Å². The minimum Gasteiger partial charge on any atom is -0.296 e. The smallest absolute Gasteiger partial charge is 0.270 e. The number of nitro groups is 1. The molecule has 5 nitrogen and oxygen atoms in total. The van der Waals surface area contributed by atoms with Gasteiger partial charge in [0.25, 0.3) is 5.69 Å². The number of nitro benzene ring substituents is 1. The van der Waals surface area contributed by atoms with Crippen molar-refractivity contribution >= 4 is 11.5 Å². The standard InChI is InChI=1S/C15H20N2O3/c18-15(12-16-9-4-2-1-3-5-10-16)13-7-6-8-14(11-13)17(19)20/h6-8,11H,1-5,9-10,12H2. The number of ketones is 1. The van der Waals surface area contributed by atoms with E-state index >= 15 is 0 Å². The van der Waals surface area contributed by atoms with Crippen LogP contribution in [-0.4, -0.2) is 35.2 Å². The quantitative estimate of drug-likeness (QED) is 0.481. The van der Waals surface area contributed by atoms with E-state index in [2.05, 4.69) is 4.90 Å². The monoisotopic (exact) mass is 276 g/mol. The molecule has 0 bridgehead atoms. The normalized spacial score (nSPS) is 17.2. The van der Waals surface area contributed by atoms with E-state index in [-0.39, 0.29) is 11.5 Å². The molecule has 1 heterocycles. The minimum atomic E-state index is -0.465. The van der Waals surface area contributed by atoms with Crippen LogP contribution in [0.5, 0.6) is 0 Å². The van der Waals surface area contributed by atoms with E-state index in [1.54, 1.807) is 12.1 Å². The largest absolute Gasteiger partial charge is 0.296 e. The van der Waals surface area contributed by atoms with Gasteiger partial charge in [0.05, 0.1) is 11.5 Å². The molecule has 0 amide bonds. The lowest BCUT2D eigenvalue weighted by Gasteiger charge is -2.23. The van der Waals surface area contributed by atoms with Crippen LogP contribution in [0.25, 0.3) is 0 Å². The molecule has 0 aliphatic carbocycles. The number of benzene rings is 1. The lowest BCUT2D eigenvalue weighted by atomic mass is 10.1. The molecule has 0 N–H and O–H groups in total. The van der Waals surface area contributed by atoms with Gasteiger partial charge in [-0.25, -0.2) is 0 Å². The van der Waals surface area contributed by atoms with E-state index in [0.717, 1.165) is 25.9 Å². The van der Waals surface area contributed by atoms with Gasteiger partial charge < -0.3 is 0 Å². The van der Waals surface area contributed by atoms with Gasteiger partial charge in [0, 0.05) is 17.7 Å². The Kier molecular flexibility index (Phi) is 5.24. The Balaban J connectivity index is 1.99. The maximum Gasteiger partial charge on any atom is 0.270 e. The second-order valence-electron chi connectivity index (χ2n) is 5.27. The number of rotatable bonds is 4. The van der Waals surface area contributed by atoms with E-state index in [1.807, 2.05) is 0 Å². The maximum atomic E-state index is 12.2. The minimum absolute atomic E-state index is 0.0245. The number of hydrogen-bond donors (Lipinski definition) is 0. The summed E-state index contributed by atoms with van der Waals surface area (Å²) in [5.41, 5.74) is 0.407. The van der Waals surface area contributed by atoms with Crippen LogP contribution in [0.1, 0.15) is 42.5 Å². The van der Waals surface area contributed by atoms with Gasteiger partial charge in [0.2, 0.25) is 0 Å². The van der Waals surface area contributed by atoms with Crippen molar-refractivity contribution in [2.45, 2.75) is 32.1 Å². The summed E-state index contributed by atoms with van der Waals surface area (Å²) in [6.07, 6.45) is 5.99. The van der Waals surface area contributed by atoms with Crippen molar-refractivity contribution in [1.82, 2.24) is 4.90 Å². The molecule has 2 rings (SSSR count). The second kappa shape index (κ2) is 7.14. The number of carbonyl (C=O) groups is 1. The van der Waals surface area contributed by atoms with Gasteiger partial charge in [-0.2, -0.15) is 0 Å². The molecular weight excluding hydrogens is 256 g/mol. The Morgan fingerprint density at radius 3 is 2.45 bits per heavy atom. The molecule has 1 fully saturated rings. The average molecular weight is 276 g/mol. The summed E-state index contributed by atoms with van der Waals surface area (Å²) in [6.45, 7) is 2.25. The fraction of sp³-hybridized carbons (Fsp3) is 0.533. The van der Waals surface area contributed by atoms with E-state index in [4.69, 9.17) is 0 Å². The third-order valence-electron chi connectivity index (χ3n) is 3.69. The first kappa shape index (κ1) is 14.7. The molecule has 108 valence electrons. The summed E-state index contributed by atoms with van der Waals surface area (Å²) in [7, 11) is 0. The highest BCUT2D eigenvalue weighted by Crippen LogP contribution is 2.15. The fourth-order valence-electron chi connectivity index (χ4n) is 2.56. The molecule has 1 aliphatic rings. The van der Waals surface area contributed by atoms with Gasteiger partial charge >= 0.3 is 0 Å². The Bertz CT molecular complexity index is 480. The van der Waals surface area contributed by atoms with Crippen molar-refractivity contribution in [1.29, 1.82) is 0 Å². The zero-order chi connectivity index (χ0) is 14.4. The average Bonchev–Trinajstić information content (AvgIpc) is 2.41. The first-order valence-electron chi connectivity index (χ1n) is 7.17. The highest BCUT2D eigenvalue weighted by atomic mass is 16.6. The number of likely N-dealkylation sites (tertiary alicyclic amines) is 1. The SMILES string of the molecule is O=C(CN1CCCCCCC1)c1cccc([N+](=O)[O-])c1. The number of non-ortho nitro benzene ring substituents is 1. The van der Waals surface area contributed by atoms with Gasteiger partial charge in [-0.3, -0.25) is 19.8 Å². The third-order valence-corrected chi connectivity index (χ3v) is 3.69. The molecule has 0 saturated carbocycles. The predicted octanol–water partition coefficient (Wildman–Crippen LogP) is 3.04. The number of nitrogens with zero attached hydrogens (tertiary/aromatic N) is 2. The van der Waals surface area contributed by atoms with Crippen LogP contribution >= 0.6 is 0 Å². The molecule has 1 aromatic rings. The molecule has 0 spiro atoms. The maximum absolute atomic E-state index is 12.2.